The lowest BCUT2D eigenvalue weighted by Crippen LogP contribution is -2.60. The molecule has 4 N–H and O–H groups in total. The number of hydrogen-bond acceptors (Lipinski definition) is 2. The van der Waals surface area contributed by atoms with Crippen molar-refractivity contribution in [3.05, 3.63) is 35.6 Å². The Bertz CT molecular complexity index is 578. The molecule has 6 heteroatoms. The predicted molar refractivity (Wildman–Crippen MR) is 86.2 cm³/mol. The van der Waals surface area contributed by atoms with Crippen LogP contribution in [0.25, 0.3) is 0 Å². The molecule has 0 aromatic heterocycles. The average Bonchev–Trinajstić information content (AvgIpc) is 2.90. The lowest BCUT2D eigenvalue weighted by molar-refractivity contribution is -0.123. The molecule has 0 aliphatic heterocycles. The van der Waals surface area contributed by atoms with E-state index in [2.05, 4.69) is 10.6 Å². The second-order valence-corrected chi connectivity index (χ2v) is 6.92. The van der Waals surface area contributed by atoms with Crippen LogP contribution in [0.1, 0.15) is 45.1 Å². The molecule has 1 aromatic carbocycles. The fraction of sp³-hybridized carbons (Fsp3) is 0.529. The summed E-state index contributed by atoms with van der Waals surface area (Å²) >= 11 is 0. The van der Waals surface area contributed by atoms with Crippen LogP contribution >= 0.6 is 0 Å². The first-order valence-corrected chi connectivity index (χ1v) is 7.87. The van der Waals surface area contributed by atoms with Crippen LogP contribution in [0.2, 0.25) is 0 Å². The van der Waals surface area contributed by atoms with Gasteiger partial charge in [0.15, 0.2) is 0 Å². The molecule has 0 spiro atoms. The first-order valence-electron chi connectivity index (χ1n) is 7.87. The maximum absolute atomic E-state index is 13.0. The van der Waals surface area contributed by atoms with Crippen LogP contribution in [0.15, 0.2) is 24.3 Å². The minimum absolute atomic E-state index is 0.290. The molecule has 1 fully saturated rings. The van der Waals surface area contributed by atoms with E-state index in [4.69, 9.17) is 5.73 Å². The van der Waals surface area contributed by atoms with Gasteiger partial charge in [-0.15, -0.1) is 0 Å². The quantitative estimate of drug-likeness (QED) is 0.777. The minimum Gasteiger partial charge on any atom is -0.368 e. The van der Waals surface area contributed by atoms with E-state index in [1.165, 1.54) is 12.1 Å². The number of nitrogens with two attached hydrogens (primary N) is 1. The highest BCUT2D eigenvalue weighted by Crippen LogP contribution is 2.29. The van der Waals surface area contributed by atoms with Gasteiger partial charge in [0.05, 0.1) is 0 Å². The lowest BCUT2D eigenvalue weighted by atomic mass is 9.94. The Labute approximate surface area is 135 Å². The van der Waals surface area contributed by atoms with Crippen molar-refractivity contribution in [3.8, 4) is 0 Å². The van der Waals surface area contributed by atoms with E-state index in [9.17, 15) is 14.0 Å². The molecule has 0 heterocycles. The third kappa shape index (κ3) is 4.43. The van der Waals surface area contributed by atoms with Crippen LogP contribution in [0.3, 0.4) is 0 Å². The van der Waals surface area contributed by atoms with Crippen LogP contribution in [0, 0.1) is 5.82 Å². The number of nitrogens with one attached hydrogen (secondary N) is 2. The summed E-state index contributed by atoms with van der Waals surface area (Å²) in [6.07, 6.45) is 3.46. The highest BCUT2D eigenvalue weighted by atomic mass is 19.1. The van der Waals surface area contributed by atoms with Crippen molar-refractivity contribution >= 4 is 11.9 Å². The molecule has 1 aliphatic carbocycles. The fourth-order valence-corrected chi connectivity index (χ4v) is 3.12. The van der Waals surface area contributed by atoms with Crippen molar-refractivity contribution in [2.24, 2.45) is 5.73 Å². The highest BCUT2D eigenvalue weighted by Gasteiger charge is 2.41. The SMILES string of the molecule is CC(C)(Cc1ccc(F)cc1)NC(=O)NC1(C(N)=O)CCCC1. The molecule has 1 aliphatic rings. The van der Waals surface area contributed by atoms with E-state index < -0.39 is 23.0 Å². The minimum atomic E-state index is -0.934. The second-order valence-electron chi connectivity index (χ2n) is 6.92. The fourth-order valence-electron chi connectivity index (χ4n) is 3.12. The summed E-state index contributed by atoms with van der Waals surface area (Å²) in [5.41, 5.74) is 4.91. The van der Waals surface area contributed by atoms with Crippen molar-refractivity contribution in [2.45, 2.75) is 57.0 Å². The molecule has 5 nitrogen and oxygen atoms in total. The molecule has 2 rings (SSSR count). The number of carbonyl (C=O) groups is 2. The Morgan fingerprint density at radius 3 is 2.30 bits per heavy atom. The van der Waals surface area contributed by atoms with E-state index in [-0.39, 0.29) is 5.82 Å². The number of carbonyl (C=O) groups excluding carboxylic acids is 2. The monoisotopic (exact) mass is 321 g/mol. The van der Waals surface area contributed by atoms with Gasteiger partial charge in [0.1, 0.15) is 11.4 Å². The van der Waals surface area contributed by atoms with Crippen molar-refractivity contribution in [1.29, 1.82) is 0 Å². The average molecular weight is 321 g/mol. The lowest BCUT2D eigenvalue weighted by Gasteiger charge is -2.31. The topological polar surface area (TPSA) is 84.2 Å². The molecule has 0 atom stereocenters. The molecule has 1 saturated carbocycles. The van der Waals surface area contributed by atoms with E-state index in [0.29, 0.717) is 19.3 Å². The summed E-state index contributed by atoms with van der Waals surface area (Å²) in [5.74, 6) is -0.775. The van der Waals surface area contributed by atoms with Gasteiger partial charge >= 0.3 is 6.03 Å². The number of rotatable bonds is 5. The van der Waals surface area contributed by atoms with Gasteiger partial charge in [-0.25, -0.2) is 9.18 Å². The zero-order valence-corrected chi connectivity index (χ0v) is 13.6. The molecule has 126 valence electrons. The summed E-state index contributed by atoms with van der Waals surface area (Å²) in [6.45, 7) is 3.75. The summed E-state index contributed by atoms with van der Waals surface area (Å²) in [7, 11) is 0. The molecule has 1 aromatic rings. The van der Waals surface area contributed by atoms with Gasteiger partial charge in [-0.3, -0.25) is 4.79 Å². The predicted octanol–water partition coefficient (Wildman–Crippen LogP) is 2.24. The van der Waals surface area contributed by atoms with E-state index in [0.717, 1.165) is 18.4 Å². The number of primary amides is 1. The largest absolute Gasteiger partial charge is 0.368 e. The van der Waals surface area contributed by atoms with Crippen LogP contribution < -0.4 is 16.4 Å². The van der Waals surface area contributed by atoms with Crippen molar-refractivity contribution < 1.29 is 14.0 Å². The third-order valence-corrected chi connectivity index (χ3v) is 4.29. The zero-order valence-electron chi connectivity index (χ0n) is 13.6. The Hall–Kier alpha value is -2.11. The Kier molecular flexibility index (Phi) is 4.92. The molecule has 0 bridgehead atoms. The van der Waals surface area contributed by atoms with Crippen LogP contribution in [-0.4, -0.2) is 23.0 Å². The van der Waals surface area contributed by atoms with Gasteiger partial charge in [0, 0.05) is 5.54 Å². The number of amides is 3. The highest BCUT2D eigenvalue weighted by molar-refractivity contribution is 5.90. The van der Waals surface area contributed by atoms with Crippen molar-refractivity contribution in [3.63, 3.8) is 0 Å². The van der Waals surface area contributed by atoms with Gasteiger partial charge in [-0.1, -0.05) is 25.0 Å². The first kappa shape index (κ1) is 17.2. The molecular weight excluding hydrogens is 297 g/mol. The Morgan fingerprint density at radius 2 is 1.78 bits per heavy atom. The van der Waals surface area contributed by atoms with E-state index in [1.54, 1.807) is 12.1 Å². The zero-order chi connectivity index (χ0) is 17.1. The smallest absolute Gasteiger partial charge is 0.316 e. The van der Waals surface area contributed by atoms with Crippen LogP contribution in [0.4, 0.5) is 9.18 Å². The molecule has 0 saturated heterocycles. The molecule has 3 amide bonds. The van der Waals surface area contributed by atoms with E-state index >= 15 is 0 Å². The summed E-state index contributed by atoms with van der Waals surface area (Å²) in [4.78, 5) is 24.0. The number of halogens is 1. The molecule has 23 heavy (non-hydrogen) atoms. The normalized spacial score (nSPS) is 16.8. The maximum Gasteiger partial charge on any atom is 0.316 e. The summed E-state index contributed by atoms with van der Waals surface area (Å²) in [5, 5.41) is 5.63. The van der Waals surface area contributed by atoms with Gasteiger partial charge in [0.2, 0.25) is 5.91 Å². The van der Waals surface area contributed by atoms with Gasteiger partial charge in [-0.05, 0) is 50.8 Å². The number of hydrogen-bond donors (Lipinski definition) is 3. The van der Waals surface area contributed by atoms with E-state index in [1.807, 2.05) is 13.8 Å². The Morgan fingerprint density at radius 1 is 1.22 bits per heavy atom. The van der Waals surface area contributed by atoms with Gasteiger partial charge in [0.25, 0.3) is 0 Å². The maximum atomic E-state index is 13.0. The van der Waals surface area contributed by atoms with Crippen molar-refractivity contribution in [1.82, 2.24) is 10.6 Å². The summed E-state index contributed by atoms with van der Waals surface area (Å²) < 4.78 is 13.0. The van der Waals surface area contributed by atoms with Crippen molar-refractivity contribution in [2.75, 3.05) is 0 Å². The third-order valence-electron chi connectivity index (χ3n) is 4.29. The molecular formula is C17H24FN3O2. The number of benzene rings is 1. The van der Waals surface area contributed by atoms with Gasteiger partial charge < -0.3 is 16.4 Å². The van der Waals surface area contributed by atoms with Crippen LogP contribution in [-0.2, 0) is 11.2 Å². The number of urea groups is 1. The molecule has 0 unspecified atom stereocenters. The first-order chi connectivity index (χ1) is 10.7. The van der Waals surface area contributed by atoms with Crippen LogP contribution in [0.5, 0.6) is 0 Å². The van der Waals surface area contributed by atoms with Gasteiger partial charge in [-0.2, -0.15) is 0 Å². The second kappa shape index (κ2) is 6.56. The summed E-state index contributed by atoms with van der Waals surface area (Å²) in [6, 6.07) is 5.77. The standard InChI is InChI=1S/C17H24FN3O2/c1-16(2,11-12-5-7-13(18)8-6-12)20-15(23)21-17(14(19)22)9-3-4-10-17/h5-8H,3-4,9-11H2,1-2H3,(H2,19,22)(H2,20,21,23). The molecule has 0 radical (unpaired) electrons. The Balaban J connectivity index is 1.97.